The van der Waals surface area contributed by atoms with Crippen LogP contribution in [0, 0.1) is 12.8 Å². The summed E-state index contributed by atoms with van der Waals surface area (Å²) in [5.74, 6) is -0.685. The summed E-state index contributed by atoms with van der Waals surface area (Å²) in [4.78, 5) is 40.2. The molecule has 0 aliphatic carbocycles. The van der Waals surface area contributed by atoms with Crippen molar-refractivity contribution in [2.75, 3.05) is 23.9 Å². The van der Waals surface area contributed by atoms with Crippen LogP contribution in [0.15, 0.2) is 72.8 Å². The predicted molar refractivity (Wildman–Crippen MR) is 131 cm³/mol. The molecule has 2 N–H and O–H groups in total. The summed E-state index contributed by atoms with van der Waals surface area (Å²) in [5.41, 5.74) is 3.41. The van der Waals surface area contributed by atoms with Gasteiger partial charge in [0.15, 0.2) is 0 Å². The maximum atomic E-state index is 13.1. The minimum Gasteiger partial charge on any atom is -0.495 e. The summed E-state index contributed by atoms with van der Waals surface area (Å²) in [6, 6.07) is 22.1. The van der Waals surface area contributed by atoms with Crippen LogP contribution in [-0.4, -0.2) is 31.4 Å². The van der Waals surface area contributed by atoms with Gasteiger partial charge in [0.2, 0.25) is 11.8 Å². The standard InChI is InChI=1S/C27H27N3O4/c1-18-12-13-24(34-2)23(14-18)30-17-20(15-25(30)31)26(32)29-22-11-7-6-10-21(22)27(33)28-16-19-8-4-3-5-9-19/h3-14,20H,15-17H2,1-2H3,(H,28,33)(H,29,32). The van der Waals surface area contributed by atoms with Gasteiger partial charge in [-0.25, -0.2) is 0 Å². The summed E-state index contributed by atoms with van der Waals surface area (Å²) in [5, 5.41) is 5.74. The van der Waals surface area contributed by atoms with Crippen LogP contribution >= 0.6 is 0 Å². The van der Waals surface area contributed by atoms with Gasteiger partial charge in [0.05, 0.1) is 30.0 Å². The zero-order valence-electron chi connectivity index (χ0n) is 19.2. The first-order chi connectivity index (χ1) is 16.5. The molecule has 3 amide bonds. The Labute approximate surface area is 198 Å². The minimum atomic E-state index is -0.543. The lowest BCUT2D eigenvalue weighted by Crippen LogP contribution is -2.29. The Bertz CT molecular complexity index is 1210. The van der Waals surface area contributed by atoms with Crippen molar-refractivity contribution >= 4 is 29.1 Å². The van der Waals surface area contributed by atoms with Gasteiger partial charge in [-0.2, -0.15) is 0 Å². The maximum Gasteiger partial charge on any atom is 0.253 e. The highest BCUT2D eigenvalue weighted by molar-refractivity contribution is 6.07. The van der Waals surface area contributed by atoms with Gasteiger partial charge in [-0.3, -0.25) is 14.4 Å². The Morgan fingerprint density at radius 2 is 1.76 bits per heavy atom. The molecule has 7 nitrogen and oxygen atoms in total. The van der Waals surface area contributed by atoms with Crippen LogP contribution in [0.3, 0.4) is 0 Å². The number of ether oxygens (including phenoxy) is 1. The van der Waals surface area contributed by atoms with Gasteiger partial charge >= 0.3 is 0 Å². The highest BCUT2D eigenvalue weighted by Gasteiger charge is 2.36. The van der Waals surface area contributed by atoms with Gasteiger partial charge in [-0.05, 0) is 42.3 Å². The van der Waals surface area contributed by atoms with Gasteiger partial charge in [0.1, 0.15) is 5.75 Å². The fraction of sp³-hybridized carbons (Fsp3) is 0.222. The first-order valence-electron chi connectivity index (χ1n) is 11.1. The molecule has 0 bridgehead atoms. The number of hydrogen-bond donors (Lipinski definition) is 2. The van der Waals surface area contributed by atoms with Gasteiger partial charge < -0.3 is 20.3 Å². The minimum absolute atomic E-state index is 0.0886. The maximum absolute atomic E-state index is 13.1. The number of benzene rings is 3. The second kappa shape index (κ2) is 10.2. The molecule has 0 saturated carbocycles. The molecule has 1 unspecified atom stereocenters. The molecule has 34 heavy (non-hydrogen) atoms. The van der Waals surface area contributed by atoms with Crippen molar-refractivity contribution in [1.29, 1.82) is 0 Å². The largest absolute Gasteiger partial charge is 0.495 e. The Morgan fingerprint density at radius 3 is 2.53 bits per heavy atom. The molecule has 1 heterocycles. The third-order valence-electron chi connectivity index (χ3n) is 5.85. The SMILES string of the molecule is COc1ccc(C)cc1N1CC(C(=O)Nc2ccccc2C(=O)NCc2ccccc2)CC1=O. The van der Waals surface area contributed by atoms with Crippen LogP contribution < -0.4 is 20.3 Å². The quantitative estimate of drug-likeness (QED) is 0.563. The number of nitrogens with one attached hydrogen (secondary N) is 2. The van der Waals surface area contributed by atoms with Crippen LogP contribution in [0.5, 0.6) is 5.75 Å². The molecular weight excluding hydrogens is 430 g/mol. The normalized spacial score (nSPS) is 15.2. The molecular formula is C27H27N3O4. The number of carbonyl (C=O) groups excluding carboxylic acids is 3. The van der Waals surface area contributed by atoms with Crippen molar-refractivity contribution in [1.82, 2.24) is 5.32 Å². The number of carbonyl (C=O) groups is 3. The number of aryl methyl sites for hydroxylation is 1. The van der Waals surface area contributed by atoms with E-state index in [1.165, 1.54) is 0 Å². The fourth-order valence-corrected chi connectivity index (χ4v) is 4.03. The second-order valence-corrected chi connectivity index (χ2v) is 8.28. The van der Waals surface area contributed by atoms with Crippen LogP contribution in [0.25, 0.3) is 0 Å². The number of nitrogens with zero attached hydrogens (tertiary/aromatic N) is 1. The van der Waals surface area contributed by atoms with Crippen molar-refractivity contribution in [2.45, 2.75) is 19.9 Å². The Kier molecular flexibility index (Phi) is 6.92. The van der Waals surface area contributed by atoms with Gasteiger partial charge in [0.25, 0.3) is 5.91 Å². The molecule has 3 aromatic rings. The van der Waals surface area contributed by atoms with Crippen LogP contribution in [-0.2, 0) is 16.1 Å². The average molecular weight is 458 g/mol. The first kappa shape index (κ1) is 23.0. The topological polar surface area (TPSA) is 87.7 Å². The summed E-state index contributed by atoms with van der Waals surface area (Å²) in [6.45, 7) is 2.56. The molecule has 0 spiro atoms. The van der Waals surface area contributed by atoms with Crippen molar-refractivity contribution in [3.63, 3.8) is 0 Å². The summed E-state index contributed by atoms with van der Waals surface area (Å²) >= 11 is 0. The molecule has 1 atom stereocenters. The number of amides is 3. The predicted octanol–water partition coefficient (Wildman–Crippen LogP) is 3.93. The molecule has 7 heteroatoms. The van der Waals surface area contributed by atoms with Crippen molar-refractivity contribution in [3.8, 4) is 5.75 Å². The molecule has 3 aromatic carbocycles. The summed E-state index contributed by atoms with van der Waals surface area (Å²) in [7, 11) is 1.55. The molecule has 1 aliphatic heterocycles. The summed E-state index contributed by atoms with van der Waals surface area (Å²) < 4.78 is 5.41. The third kappa shape index (κ3) is 5.09. The van der Waals surface area contributed by atoms with Crippen LogP contribution in [0.4, 0.5) is 11.4 Å². The monoisotopic (exact) mass is 457 g/mol. The first-order valence-corrected chi connectivity index (χ1v) is 11.1. The smallest absolute Gasteiger partial charge is 0.253 e. The molecule has 1 saturated heterocycles. The molecule has 4 rings (SSSR count). The zero-order valence-corrected chi connectivity index (χ0v) is 19.2. The van der Waals surface area contributed by atoms with Crippen LogP contribution in [0.1, 0.15) is 27.9 Å². The fourth-order valence-electron chi connectivity index (χ4n) is 4.03. The highest BCUT2D eigenvalue weighted by Crippen LogP contribution is 2.34. The lowest BCUT2D eigenvalue weighted by molar-refractivity contribution is -0.122. The number of rotatable bonds is 7. The summed E-state index contributed by atoms with van der Waals surface area (Å²) in [6.07, 6.45) is 0.0886. The number of para-hydroxylation sites is 1. The number of anilines is 2. The van der Waals surface area contributed by atoms with E-state index in [-0.39, 0.29) is 30.7 Å². The Hall–Kier alpha value is -4.13. The molecule has 1 aliphatic rings. The number of hydrogen-bond acceptors (Lipinski definition) is 4. The van der Waals surface area contributed by atoms with E-state index >= 15 is 0 Å². The second-order valence-electron chi connectivity index (χ2n) is 8.28. The molecule has 0 aromatic heterocycles. The van der Waals surface area contributed by atoms with Crippen molar-refractivity contribution < 1.29 is 19.1 Å². The van der Waals surface area contributed by atoms with Gasteiger partial charge in [-0.1, -0.05) is 48.5 Å². The van der Waals surface area contributed by atoms with Gasteiger partial charge in [-0.15, -0.1) is 0 Å². The van der Waals surface area contributed by atoms with E-state index in [1.807, 2.05) is 55.5 Å². The van der Waals surface area contributed by atoms with Crippen LogP contribution in [0.2, 0.25) is 0 Å². The lowest BCUT2D eigenvalue weighted by atomic mass is 10.1. The van der Waals surface area contributed by atoms with E-state index in [2.05, 4.69) is 10.6 Å². The molecule has 174 valence electrons. The number of methoxy groups -OCH3 is 1. The van der Waals surface area contributed by atoms with E-state index in [4.69, 9.17) is 4.74 Å². The average Bonchev–Trinajstić information content (AvgIpc) is 3.25. The van der Waals surface area contributed by atoms with E-state index in [1.54, 1.807) is 36.3 Å². The zero-order chi connectivity index (χ0) is 24.1. The van der Waals surface area contributed by atoms with E-state index < -0.39 is 5.92 Å². The lowest BCUT2D eigenvalue weighted by Gasteiger charge is -2.20. The van der Waals surface area contributed by atoms with Crippen molar-refractivity contribution in [2.24, 2.45) is 5.92 Å². The Morgan fingerprint density at radius 1 is 1.03 bits per heavy atom. The van der Waals surface area contributed by atoms with E-state index in [0.29, 0.717) is 29.2 Å². The Balaban J connectivity index is 1.45. The highest BCUT2D eigenvalue weighted by atomic mass is 16.5. The van der Waals surface area contributed by atoms with E-state index in [9.17, 15) is 14.4 Å². The third-order valence-corrected chi connectivity index (χ3v) is 5.85. The molecule has 0 radical (unpaired) electrons. The molecule has 1 fully saturated rings. The van der Waals surface area contributed by atoms with Gasteiger partial charge in [0, 0.05) is 19.5 Å². The van der Waals surface area contributed by atoms with Crippen molar-refractivity contribution in [3.05, 3.63) is 89.5 Å². The van der Waals surface area contributed by atoms with E-state index in [0.717, 1.165) is 11.1 Å².